The minimum absolute atomic E-state index is 0. The molecule has 146 valence electrons. The molecule has 4 heterocycles. The van der Waals surface area contributed by atoms with E-state index in [1.807, 2.05) is 25.6 Å². The number of piperidine rings is 1. The van der Waals surface area contributed by atoms with Gasteiger partial charge in [-0.15, -0.1) is 12.4 Å². The van der Waals surface area contributed by atoms with Gasteiger partial charge >= 0.3 is 0 Å². The van der Waals surface area contributed by atoms with Crippen LogP contribution < -0.4 is 4.90 Å². The molecule has 3 aromatic heterocycles. The van der Waals surface area contributed by atoms with E-state index in [1.54, 1.807) is 11.3 Å². The van der Waals surface area contributed by atoms with Crippen LogP contribution in [0.3, 0.4) is 0 Å². The first-order chi connectivity index (χ1) is 12.6. The molecule has 1 atom stereocenters. The molecule has 0 bridgehead atoms. The molecule has 0 aromatic carbocycles. The third-order valence-corrected chi connectivity index (χ3v) is 6.09. The largest absolute Gasteiger partial charge is 0.348 e. The summed E-state index contributed by atoms with van der Waals surface area (Å²) in [6.07, 6.45) is 9.74. The highest BCUT2D eigenvalue weighted by Gasteiger charge is 2.18. The SMILES string of the molecule is Cc1cc(C)n(C(C)Cn2cncc2-c2cnc(N3CCCCC3)s2)n1.Cl. The molecule has 1 fully saturated rings. The number of imidazole rings is 1. The van der Waals surface area contributed by atoms with Crippen molar-refractivity contribution in [3.63, 3.8) is 0 Å². The Balaban J connectivity index is 0.00000210. The van der Waals surface area contributed by atoms with Crippen LogP contribution in [0.1, 0.15) is 43.6 Å². The van der Waals surface area contributed by atoms with Crippen molar-refractivity contribution in [2.45, 2.75) is 52.6 Å². The Morgan fingerprint density at radius 1 is 1.15 bits per heavy atom. The number of aryl methyl sites for hydroxylation is 2. The zero-order chi connectivity index (χ0) is 18.1. The lowest BCUT2D eigenvalue weighted by Crippen LogP contribution is -2.29. The highest BCUT2D eigenvalue weighted by Crippen LogP contribution is 2.32. The lowest BCUT2D eigenvalue weighted by molar-refractivity contribution is 0.418. The predicted octanol–water partition coefficient (Wildman–Crippen LogP) is 4.49. The Morgan fingerprint density at radius 3 is 2.63 bits per heavy atom. The van der Waals surface area contributed by atoms with Gasteiger partial charge in [0.1, 0.15) is 0 Å². The molecule has 0 aliphatic carbocycles. The van der Waals surface area contributed by atoms with Crippen molar-refractivity contribution < 1.29 is 0 Å². The average molecular weight is 407 g/mol. The predicted molar refractivity (Wildman–Crippen MR) is 113 cm³/mol. The molecule has 4 rings (SSSR count). The van der Waals surface area contributed by atoms with Crippen LogP contribution in [0, 0.1) is 13.8 Å². The van der Waals surface area contributed by atoms with E-state index in [-0.39, 0.29) is 18.4 Å². The summed E-state index contributed by atoms with van der Waals surface area (Å²) in [5, 5.41) is 5.76. The van der Waals surface area contributed by atoms with Crippen LogP contribution in [0.2, 0.25) is 0 Å². The molecule has 1 aliphatic heterocycles. The fourth-order valence-electron chi connectivity index (χ4n) is 3.74. The third kappa shape index (κ3) is 4.19. The van der Waals surface area contributed by atoms with Gasteiger partial charge in [-0.3, -0.25) is 4.68 Å². The zero-order valence-corrected chi connectivity index (χ0v) is 17.8. The molecule has 8 heteroatoms. The van der Waals surface area contributed by atoms with Crippen molar-refractivity contribution >= 4 is 28.9 Å². The van der Waals surface area contributed by atoms with Crippen LogP contribution in [-0.4, -0.2) is 37.4 Å². The first-order valence-corrected chi connectivity index (χ1v) is 10.2. The maximum atomic E-state index is 4.68. The summed E-state index contributed by atoms with van der Waals surface area (Å²) in [4.78, 5) is 12.7. The molecule has 0 radical (unpaired) electrons. The Kier molecular flexibility index (Phi) is 6.22. The number of hydrogen-bond donors (Lipinski definition) is 0. The number of halogens is 1. The monoisotopic (exact) mass is 406 g/mol. The number of hydrogen-bond acceptors (Lipinski definition) is 5. The van der Waals surface area contributed by atoms with Gasteiger partial charge in [-0.2, -0.15) is 5.10 Å². The van der Waals surface area contributed by atoms with Crippen LogP contribution in [-0.2, 0) is 6.54 Å². The number of aromatic nitrogens is 5. The molecule has 27 heavy (non-hydrogen) atoms. The normalized spacial score (nSPS) is 15.6. The van der Waals surface area contributed by atoms with Crippen molar-refractivity contribution in [3.8, 4) is 10.6 Å². The smallest absolute Gasteiger partial charge is 0.185 e. The second-order valence-electron chi connectivity index (χ2n) is 7.21. The van der Waals surface area contributed by atoms with Crippen LogP contribution in [0.5, 0.6) is 0 Å². The van der Waals surface area contributed by atoms with Crippen LogP contribution in [0.4, 0.5) is 5.13 Å². The zero-order valence-electron chi connectivity index (χ0n) is 16.1. The van der Waals surface area contributed by atoms with E-state index in [2.05, 4.69) is 49.1 Å². The van der Waals surface area contributed by atoms with Gasteiger partial charge < -0.3 is 9.47 Å². The van der Waals surface area contributed by atoms with E-state index in [0.717, 1.165) is 36.2 Å². The number of rotatable bonds is 5. The average Bonchev–Trinajstić information content (AvgIpc) is 3.35. The third-order valence-electron chi connectivity index (χ3n) is 5.01. The Hall–Kier alpha value is -1.86. The highest BCUT2D eigenvalue weighted by molar-refractivity contribution is 7.18. The highest BCUT2D eigenvalue weighted by atomic mass is 35.5. The van der Waals surface area contributed by atoms with Gasteiger partial charge in [-0.25, -0.2) is 9.97 Å². The summed E-state index contributed by atoms with van der Waals surface area (Å²) in [7, 11) is 0. The van der Waals surface area contributed by atoms with Gasteiger partial charge in [0, 0.05) is 31.5 Å². The summed E-state index contributed by atoms with van der Waals surface area (Å²) in [5.74, 6) is 0. The van der Waals surface area contributed by atoms with Gasteiger partial charge in [0.05, 0.1) is 34.8 Å². The number of anilines is 1. The van der Waals surface area contributed by atoms with Crippen LogP contribution >= 0.6 is 23.7 Å². The summed E-state index contributed by atoms with van der Waals surface area (Å²) < 4.78 is 4.32. The summed E-state index contributed by atoms with van der Waals surface area (Å²) in [5.41, 5.74) is 3.40. The van der Waals surface area contributed by atoms with E-state index < -0.39 is 0 Å². The Morgan fingerprint density at radius 2 is 1.93 bits per heavy atom. The number of nitrogens with zero attached hydrogens (tertiary/aromatic N) is 6. The van der Waals surface area contributed by atoms with E-state index in [4.69, 9.17) is 0 Å². The number of thiazole rings is 1. The standard InChI is InChI=1S/C19H26N6S.ClH/c1-14-9-15(2)25(22-14)16(3)12-24-13-20-10-17(24)18-11-21-19(26-18)23-7-5-4-6-8-23;/h9-11,13,16H,4-8,12H2,1-3H3;1H. The minimum atomic E-state index is 0. The second-order valence-corrected chi connectivity index (χ2v) is 8.22. The first kappa shape index (κ1) is 19.9. The van der Waals surface area contributed by atoms with E-state index in [0.29, 0.717) is 0 Å². The van der Waals surface area contributed by atoms with Gasteiger partial charge in [0.15, 0.2) is 5.13 Å². The molecule has 0 spiro atoms. The van der Waals surface area contributed by atoms with Crippen molar-refractivity contribution in [2.75, 3.05) is 18.0 Å². The fraction of sp³-hybridized carbons (Fsp3) is 0.526. The topological polar surface area (TPSA) is 51.8 Å². The summed E-state index contributed by atoms with van der Waals surface area (Å²) in [6.45, 7) is 9.45. The lowest BCUT2D eigenvalue weighted by Gasteiger charge is -2.25. The van der Waals surface area contributed by atoms with Gasteiger partial charge in [-0.05, 0) is 46.1 Å². The minimum Gasteiger partial charge on any atom is -0.348 e. The van der Waals surface area contributed by atoms with Crippen LogP contribution in [0.25, 0.3) is 10.6 Å². The Bertz CT molecular complexity index is 877. The van der Waals surface area contributed by atoms with Gasteiger partial charge in [0.25, 0.3) is 0 Å². The molecular weight excluding hydrogens is 380 g/mol. The van der Waals surface area contributed by atoms with E-state index >= 15 is 0 Å². The van der Waals surface area contributed by atoms with Crippen molar-refractivity contribution in [1.29, 1.82) is 0 Å². The maximum Gasteiger partial charge on any atom is 0.185 e. The van der Waals surface area contributed by atoms with Gasteiger partial charge in [-0.1, -0.05) is 11.3 Å². The van der Waals surface area contributed by atoms with Gasteiger partial charge in [0.2, 0.25) is 0 Å². The molecule has 0 N–H and O–H groups in total. The molecule has 0 saturated carbocycles. The Labute approximate surface area is 170 Å². The van der Waals surface area contributed by atoms with Crippen molar-refractivity contribution in [3.05, 3.63) is 36.2 Å². The quantitative estimate of drug-likeness (QED) is 0.626. The van der Waals surface area contributed by atoms with E-state index in [1.165, 1.54) is 29.8 Å². The molecule has 1 unspecified atom stereocenters. The fourth-order valence-corrected chi connectivity index (χ4v) is 4.73. The second kappa shape index (κ2) is 8.44. The molecule has 1 saturated heterocycles. The van der Waals surface area contributed by atoms with Crippen LogP contribution in [0.15, 0.2) is 24.8 Å². The molecule has 3 aromatic rings. The maximum absolute atomic E-state index is 4.68. The molecule has 0 amide bonds. The van der Waals surface area contributed by atoms with Crippen molar-refractivity contribution in [1.82, 2.24) is 24.3 Å². The molecule has 1 aliphatic rings. The molecule has 6 nitrogen and oxygen atoms in total. The molecular formula is C19H27ClN6S. The van der Waals surface area contributed by atoms with E-state index in [9.17, 15) is 0 Å². The summed E-state index contributed by atoms with van der Waals surface area (Å²) >= 11 is 1.77. The summed E-state index contributed by atoms with van der Waals surface area (Å²) in [6, 6.07) is 2.39. The first-order valence-electron chi connectivity index (χ1n) is 9.36. The van der Waals surface area contributed by atoms with Crippen molar-refractivity contribution in [2.24, 2.45) is 0 Å². The lowest BCUT2D eigenvalue weighted by atomic mass is 10.1.